The van der Waals surface area contributed by atoms with Crippen molar-refractivity contribution in [3.8, 4) is 11.1 Å². The molecule has 31 heavy (non-hydrogen) atoms. The summed E-state index contributed by atoms with van der Waals surface area (Å²) in [6.45, 7) is 0.232. The summed E-state index contributed by atoms with van der Waals surface area (Å²) in [7, 11) is 0. The van der Waals surface area contributed by atoms with E-state index in [4.69, 9.17) is 0 Å². The van der Waals surface area contributed by atoms with Gasteiger partial charge in [0, 0.05) is 17.3 Å². The minimum Gasteiger partial charge on any atom is -0.324 e. The highest BCUT2D eigenvalue weighted by Gasteiger charge is 2.14. The molecule has 2 N–H and O–H groups in total. The number of carbonyl (C=O) groups excluding carboxylic acids is 1. The standard InChI is InChI=1S/C28H26N2O/c31-28(30-26-19-11-10-18-25(26)23-14-6-2-7-15-23)21-29-27(24-16-8-3-9-17-24)20-22-12-4-1-5-13-22/h1-19,27,29H,20-21H2,(H,30,31). The van der Waals surface area contributed by atoms with Gasteiger partial charge < -0.3 is 10.6 Å². The number of carbonyl (C=O) groups is 1. The van der Waals surface area contributed by atoms with Crippen LogP contribution in [-0.4, -0.2) is 12.5 Å². The molecular formula is C28H26N2O. The molecule has 4 aromatic rings. The molecule has 0 saturated heterocycles. The Hall–Kier alpha value is -3.69. The summed E-state index contributed by atoms with van der Waals surface area (Å²) in [4.78, 5) is 12.8. The van der Waals surface area contributed by atoms with Crippen molar-refractivity contribution in [3.05, 3.63) is 126 Å². The van der Waals surface area contributed by atoms with E-state index in [9.17, 15) is 4.79 Å². The van der Waals surface area contributed by atoms with Crippen LogP contribution in [0, 0.1) is 0 Å². The highest BCUT2D eigenvalue weighted by Crippen LogP contribution is 2.27. The molecule has 1 amide bonds. The van der Waals surface area contributed by atoms with E-state index in [1.165, 1.54) is 11.1 Å². The summed E-state index contributed by atoms with van der Waals surface area (Å²) in [5, 5.41) is 6.53. The zero-order valence-electron chi connectivity index (χ0n) is 17.4. The molecule has 3 heteroatoms. The van der Waals surface area contributed by atoms with Gasteiger partial charge in [0.1, 0.15) is 0 Å². The van der Waals surface area contributed by atoms with Crippen molar-refractivity contribution < 1.29 is 4.79 Å². The third-order valence-corrected chi connectivity index (χ3v) is 5.28. The first-order valence-electron chi connectivity index (χ1n) is 10.6. The smallest absolute Gasteiger partial charge is 0.238 e. The van der Waals surface area contributed by atoms with Crippen molar-refractivity contribution in [1.29, 1.82) is 0 Å². The number of rotatable bonds is 8. The van der Waals surface area contributed by atoms with Crippen molar-refractivity contribution in [3.63, 3.8) is 0 Å². The Morgan fingerprint density at radius 1 is 0.677 bits per heavy atom. The number of nitrogens with one attached hydrogen (secondary N) is 2. The van der Waals surface area contributed by atoms with Gasteiger partial charge in [0.05, 0.1) is 6.54 Å². The van der Waals surface area contributed by atoms with Crippen molar-refractivity contribution in [2.45, 2.75) is 12.5 Å². The predicted octanol–water partition coefficient (Wildman–Crippen LogP) is 5.87. The van der Waals surface area contributed by atoms with E-state index in [1.54, 1.807) is 0 Å². The van der Waals surface area contributed by atoms with Gasteiger partial charge in [-0.15, -0.1) is 0 Å². The van der Waals surface area contributed by atoms with E-state index in [0.717, 1.165) is 23.2 Å². The quantitative estimate of drug-likeness (QED) is 0.384. The molecule has 1 atom stereocenters. The lowest BCUT2D eigenvalue weighted by atomic mass is 9.99. The van der Waals surface area contributed by atoms with Crippen LogP contribution in [0.25, 0.3) is 11.1 Å². The molecule has 0 heterocycles. The fraction of sp³-hybridized carbons (Fsp3) is 0.107. The summed E-state index contributed by atoms with van der Waals surface area (Å²) in [6, 6.07) is 38.7. The van der Waals surface area contributed by atoms with Crippen LogP contribution in [0.2, 0.25) is 0 Å². The molecule has 0 aliphatic carbocycles. The first-order chi connectivity index (χ1) is 15.3. The van der Waals surface area contributed by atoms with Crippen LogP contribution in [0.3, 0.4) is 0 Å². The Labute approximate surface area is 183 Å². The maximum atomic E-state index is 12.8. The zero-order chi connectivity index (χ0) is 21.3. The monoisotopic (exact) mass is 406 g/mol. The Kier molecular flexibility index (Phi) is 6.89. The van der Waals surface area contributed by atoms with Crippen LogP contribution in [-0.2, 0) is 11.2 Å². The second-order valence-electron chi connectivity index (χ2n) is 7.49. The maximum Gasteiger partial charge on any atom is 0.238 e. The van der Waals surface area contributed by atoms with Gasteiger partial charge in [-0.3, -0.25) is 4.79 Å². The van der Waals surface area contributed by atoms with E-state index >= 15 is 0 Å². The average molecular weight is 407 g/mol. The van der Waals surface area contributed by atoms with E-state index in [2.05, 4.69) is 47.0 Å². The number of anilines is 1. The molecule has 0 bridgehead atoms. The number of hydrogen-bond donors (Lipinski definition) is 2. The minimum absolute atomic E-state index is 0.0544. The summed E-state index contributed by atoms with van der Waals surface area (Å²) < 4.78 is 0. The zero-order valence-corrected chi connectivity index (χ0v) is 17.4. The van der Waals surface area contributed by atoms with Crippen LogP contribution >= 0.6 is 0 Å². The van der Waals surface area contributed by atoms with Crippen LogP contribution in [0.4, 0.5) is 5.69 Å². The topological polar surface area (TPSA) is 41.1 Å². The Morgan fingerprint density at radius 3 is 1.97 bits per heavy atom. The largest absolute Gasteiger partial charge is 0.324 e. The highest BCUT2D eigenvalue weighted by atomic mass is 16.1. The van der Waals surface area contributed by atoms with Crippen LogP contribution < -0.4 is 10.6 Å². The first-order valence-corrected chi connectivity index (χ1v) is 10.6. The van der Waals surface area contributed by atoms with Gasteiger partial charge in [-0.25, -0.2) is 0 Å². The van der Waals surface area contributed by atoms with Crippen molar-refractivity contribution >= 4 is 11.6 Å². The van der Waals surface area contributed by atoms with Crippen molar-refractivity contribution in [2.24, 2.45) is 0 Å². The molecule has 0 saturated carbocycles. The fourth-order valence-corrected chi connectivity index (χ4v) is 3.71. The number of benzene rings is 4. The molecule has 4 aromatic carbocycles. The van der Waals surface area contributed by atoms with Gasteiger partial charge >= 0.3 is 0 Å². The van der Waals surface area contributed by atoms with Gasteiger partial charge in [0.2, 0.25) is 5.91 Å². The Bertz CT molecular complexity index is 1100. The molecule has 0 aliphatic rings. The van der Waals surface area contributed by atoms with Gasteiger partial charge in [0.25, 0.3) is 0 Å². The molecule has 0 radical (unpaired) electrons. The van der Waals surface area contributed by atoms with E-state index in [1.807, 2.05) is 78.9 Å². The predicted molar refractivity (Wildman–Crippen MR) is 128 cm³/mol. The van der Waals surface area contributed by atoms with E-state index < -0.39 is 0 Å². The van der Waals surface area contributed by atoms with E-state index in [0.29, 0.717) is 0 Å². The Morgan fingerprint density at radius 2 is 1.26 bits per heavy atom. The molecule has 1 unspecified atom stereocenters. The number of hydrogen-bond acceptors (Lipinski definition) is 2. The highest BCUT2D eigenvalue weighted by molar-refractivity contribution is 5.96. The second-order valence-corrected chi connectivity index (χ2v) is 7.49. The van der Waals surface area contributed by atoms with Crippen LogP contribution in [0.15, 0.2) is 115 Å². The van der Waals surface area contributed by atoms with E-state index in [-0.39, 0.29) is 18.5 Å². The summed E-state index contributed by atoms with van der Waals surface area (Å²) in [5.41, 5.74) is 5.32. The summed E-state index contributed by atoms with van der Waals surface area (Å²) in [6.07, 6.45) is 0.818. The SMILES string of the molecule is O=C(CNC(Cc1ccccc1)c1ccccc1)Nc1ccccc1-c1ccccc1. The molecule has 3 nitrogen and oxygen atoms in total. The molecule has 0 aromatic heterocycles. The molecular weight excluding hydrogens is 380 g/mol. The lowest BCUT2D eigenvalue weighted by Gasteiger charge is -2.20. The molecule has 0 aliphatic heterocycles. The average Bonchev–Trinajstić information content (AvgIpc) is 2.84. The second kappa shape index (κ2) is 10.4. The van der Waals surface area contributed by atoms with Crippen LogP contribution in [0.5, 0.6) is 0 Å². The number of amides is 1. The maximum absolute atomic E-state index is 12.8. The van der Waals surface area contributed by atoms with Gasteiger partial charge in [-0.2, -0.15) is 0 Å². The molecule has 154 valence electrons. The first kappa shape index (κ1) is 20.6. The normalized spacial score (nSPS) is 11.6. The lowest BCUT2D eigenvalue weighted by Crippen LogP contribution is -2.32. The lowest BCUT2D eigenvalue weighted by molar-refractivity contribution is -0.115. The minimum atomic E-state index is -0.0580. The van der Waals surface area contributed by atoms with Crippen LogP contribution in [0.1, 0.15) is 17.2 Å². The fourth-order valence-electron chi connectivity index (χ4n) is 3.71. The summed E-state index contributed by atoms with van der Waals surface area (Å²) in [5.74, 6) is -0.0580. The number of para-hydroxylation sites is 1. The van der Waals surface area contributed by atoms with Crippen molar-refractivity contribution in [2.75, 3.05) is 11.9 Å². The van der Waals surface area contributed by atoms with Gasteiger partial charge in [-0.1, -0.05) is 109 Å². The molecule has 0 spiro atoms. The van der Waals surface area contributed by atoms with Gasteiger partial charge in [0.15, 0.2) is 0 Å². The summed E-state index contributed by atoms with van der Waals surface area (Å²) >= 11 is 0. The Balaban J connectivity index is 1.45. The third-order valence-electron chi connectivity index (χ3n) is 5.28. The molecule has 4 rings (SSSR count). The molecule has 0 fully saturated rings. The van der Waals surface area contributed by atoms with Gasteiger partial charge in [-0.05, 0) is 29.2 Å². The third kappa shape index (κ3) is 5.68. The van der Waals surface area contributed by atoms with Crippen molar-refractivity contribution in [1.82, 2.24) is 5.32 Å².